The van der Waals surface area contributed by atoms with E-state index in [0.29, 0.717) is 0 Å². The van der Waals surface area contributed by atoms with Crippen LogP contribution in [0.4, 0.5) is 5.82 Å². The van der Waals surface area contributed by atoms with Crippen LogP contribution in [0.5, 0.6) is 0 Å². The van der Waals surface area contributed by atoms with E-state index in [0.717, 1.165) is 23.9 Å². The molecular formula is C16H25N5. The summed E-state index contributed by atoms with van der Waals surface area (Å²) in [5.41, 5.74) is 1.13. The van der Waals surface area contributed by atoms with Gasteiger partial charge in [0.05, 0.1) is 6.20 Å². The highest BCUT2D eigenvalue weighted by Gasteiger charge is 2.36. The van der Waals surface area contributed by atoms with Gasteiger partial charge in [-0.3, -0.25) is 0 Å². The molecule has 5 heteroatoms. The minimum atomic E-state index is 0.242. The topological polar surface area (TPSA) is 45.5 Å². The maximum Gasteiger partial charge on any atom is 0.157 e. The van der Waals surface area contributed by atoms with Gasteiger partial charge in [0.25, 0.3) is 0 Å². The van der Waals surface area contributed by atoms with Crippen LogP contribution in [-0.2, 0) is 0 Å². The molecule has 0 aromatic carbocycles. The van der Waals surface area contributed by atoms with E-state index in [1.807, 2.05) is 18.3 Å². The first-order valence-electron chi connectivity index (χ1n) is 7.81. The van der Waals surface area contributed by atoms with Gasteiger partial charge in [0, 0.05) is 24.3 Å². The number of likely N-dealkylation sites (N-methyl/N-ethyl adjacent to an activating group) is 1. The highest BCUT2D eigenvalue weighted by Crippen LogP contribution is 2.35. The summed E-state index contributed by atoms with van der Waals surface area (Å²) in [6.45, 7) is 3.32. The predicted octanol–water partition coefficient (Wildman–Crippen LogP) is 2.65. The molecule has 3 rings (SSSR count). The number of hydrogen-bond donors (Lipinski definition) is 1. The van der Waals surface area contributed by atoms with Gasteiger partial charge in [0.1, 0.15) is 5.82 Å². The molecule has 2 aromatic heterocycles. The molecule has 0 aliphatic heterocycles. The first-order chi connectivity index (χ1) is 10.1. The predicted molar refractivity (Wildman–Crippen MR) is 85.5 cm³/mol. The van der Waals surface area contributed by atoms with Gasteiger partial charge in [-0.05, 0) is 38.9 Å². The summed E-state index contributed by atoms with van der Waals surface area (Å²) in [5.74, 6) is 1.73. The van der Waals surface area contributed by atoms with Crippen molar-refractivity contribution in [1.29, 1.82) is 0 Å². The van der Waals surface area contributed by atoms with E-state index in [9.17, 15) is 0 Å². The SMILES string of the molecule is CC1CCCC(CNc2ccn3nccc3n2)(N(C)C)C1. The fraction of sp³-hybridized carbons (Fsp3) is 0.625. The van der Waals surface area contributed by atoms with Crippen LogP contribution in [0.2, 0.25) is 0 Å². The van der Waals surface area contributed by atoms with E-state index in [-0.39, 0.29) is 5.54 Å². The summed E-state index contributed by atoms with van der Waals surface area (Å²) in [6.07, 6.45) is 8.91. The smallest absolute Gasteiger partial charge is 0.157 e. The minimum Gasteiger partial charge on any atom is -0.368 e. The van der Waals surface area contributed by atoms with Crippen LogP contribution < -0.4 is 5.32 Å². The number of nitrogens with zero attached hydrogens (tertiary/aromatic N) is 4. The number of hydrogen-bond acceptors (Lipinski definition) is 4. The molecule has 0 saturated heterocycles. The molecule has 0 bridgehead atoms. The molecule has 2 aromatic rings. The normalized spacial score (nSPS) is 26.4. The van der Waals surface area contributed by atoms with E-state index >= 15 is 0 Å². The second kappa shape index (κ2) is 5.64. The van der Waals surface area contributed by atoms with Crippen LogP contribution in [0.1, 0.15) is 32.6 Å². The van der Waals surface area contributed by atoms with Crippen LogP contribution in [-0.4, -0.2) is 45.7 Å². The highest BCUT2D eigenvalue weighted by atomic mass is 15.2. The van der Waals surface area contributed by atoms with Gasteiger partial charge < -0.3 is 10.2 Å². The quantitative estimate of drug-likeness (QED) is 0.939. The number of aromatic nitrogens is 3. The number of rotatable bonds is 4. The number of fused-ring (bicyclic) bond motifs is 1. The molecule has 0 radical (unpaired) electrons. The Kier molecular flexibility index (Phi) is 3.85. The largest absolute Gasteiger partial charge is 0.368 e. The molecule has 2 unspecified atom stereocenters. The lowest BCUT2D eigenvalue weighted by molar-refractivity contribution is 0.0882. The molecule has 114 valence electrons. The third-order valence-electron chi connectivity index (χ3n) is 4.87. The van der Waals surface area contributed by atoms with Gasteiger partial charge >= 0.3 is 0 Å². The van der Waals surface area contributed by atoms with E-state index in [1.165, 1.54) is 25.7 Å². The van der Waals surface area contributed by atoms with Crippen molar-refractivity contribution < 1.29 is 0 Å². The molecular weight excluding hydrogens is 262 g/mol. The van der Waals surface area contributed by atoms with Crippen molar-refractivity contribution in [3.63, 3.8) is 0 Å². The average molecular weight is 287 g/mol. The maximum absolute atomic E-state index is 4.60. The lowest BCUT2D eigenvalue weighted by Gasteiger charge is -2.45. The van der Waals surface area contributed by atoms with Crippen molar-refractivity contribution in [3.05, 3.63) is 24.5 Å². The van der Waals surface area contributed by atoms with Crippen molar-refractivity contribution in [2.24, 2.45) is 5.92 Å². The van der Waals surface area contributed by atoms with Crippen molar-refractivity contribution in [1.82, 2.24) is 19.5 Å². The second-order valence-corrected chi connectivity index (χ2v) is 6.62. The zero-order valence-corrected chi connectivity index (χ0v) is 13.2. The highest BCUT2D eigenvalue weighted by molar-refractivity contribution is 5.45. The first kappa shape index (κ1) is 14.3. The Bertz CT molecular complexity index is 605. The second-order valence-electron chi connectivity index (χ2n) is 6.62. The number of anilines is 1. The molecule has 1 saturated carbocycles. The Labute approximate surface area is 126 Å². The molecule has 5 nitrogen and oxygen atoms in total. The lowest BCUT2D eigenvalue weighted by Crippen LogP contribution is -2.52. The van der Waals surface area contributed by atoms with Crippen LogP contribution in [0.15, 0.2) is 24.5 Å². The summed E-state index contributed by atoms with van der Waals surface area (Å²) < 4.78 is 1.79. The van der Waals surface area contributed by atoms with Gasteiger partial charge in [0.15, 0.2) is 5.65 Å². The minimum absolute atomic E-state index is 0.242. The molecule has 1 aliphatic carbocycles. The standard InChI is InChI=1S/C16H25N5/c1-13-5-4-8-16(11-13,20(2)3)12-17-14-7-10-21-15(19-14)6-9-18-21/h6-7,9-10,13H,4-5,8,11-12H2,1-3H3,(H,17,19). The number of nitrogens with one attached hydrogen (secondary N) is 1. The van der Waals surface area contributed by atoms with Crippen molar-refractivity contribution in [2.75, 3.05) is 26.0 Å². The first-order valence-corrected chi connectivity index (χ1v) is 7.81. The molecule has 2 atom stereocenters. The molecule has 0 amide bonds. The molecule has 0 spiro atoms. The third-order valence-corrected chi connectivity index (χ3v) is 4.87. The van der Waals surface area contributed by atoms with E-state index in [4.69, 9.17) is 0 Å². The molecule has 2 heterocycles. The summed E-state index contributed by atoms with van der Waals surface area (Å²) in [4.78, 5) is 7.00. The van der Waals surface area contributed by atoms with Crippen molar-refractivity contribution >= 4 is 11.5 Å². The van der Waals surface area contributed by atoms with E-state index < -0.39 is 0 Å². The van der Waals surface area contributed by atoms with Crippen molar-refractivity contribution in [2.45, 2.75) is 38.1 Å². The molecule has 1 N–H and O–H groups in total. The van der Waals surface area contributed by atoms with Crippen LogP contribution in [0.3, 0.4) is 0 Å². The van der Waals surface area contributed by atoms with Crippen LogP contribution >= 0.6 is 0 Å². The van der Waals surface area contributed by atoms with Gasteiger partial charge in [0.2, 0.25) is 0 Å². The Hall–Kier alpha value is -1.62. The zero-order chi connectivity index (χ0) is 14.9. The lowest BCUT2D eigenvalue weighted by atomic mass is 9.75. The van der Waals surface area contributed by atoms with E-state index in [2.05, 4.69) is 41.3 Å². The van der Waals surface area contributed by atoms with Crippen LogP contribution in [0.25, 0.3) is 5.65 Å². The van der Waals surface area contributed by atoms with Crippen LogP contribution in [0, 0.1) is 5.92 Å². The monoisotopic (exact) mass is 287 g/mol. The average Bonchev–Trinajstić information content (AvgIpc) is 2.92. The van der Waals surface area contributed by atoms with Gasteiger partial charge in [-0.25, -0.2) is 9.50 Å². The van der Waals surface area contributed by atoms with Gasteiger partial charge in [-0.1, -0.05) is 19.8 Å². The molecule has 1 aliphatic rings. The summed E-state index contributed by atoms with van der Waals surface area (Å²) >= 11 is 0. The Morgan fingerprint density at radius 2 is 2.29 bits per heavy atom. The molecule has 21 heavy (non-hydrogen) atoms. The van der Waals surface area contributed by atoms with Gasteiger partial charge in [-0.15, -0.1) is 0 Å². The summed E-state index contributed by atoms with van der Waals surface area (Å²) in [7, 11) is 4.40. The third kappa shape index (κ3) is 2.88. The fourth-order valence-electron chi connectivity index (χ4n) is 3.52. The Morgan fingerprint density at radius 3 is 3.05 bits per heavy atom. The Morgan fingerprint density at radius 1 is 1.43 bits per heavy atom. The maximum atomic E-state index is 4.60. The summed E-state index contributed by atoms with van der Waals surface area (Å²) in [6, 6.07) is 3.92. The van der Waals surface area contributed by atoms with E-state index in [1.54, 1.807) is 10.7 Å². The Balaban J connectivity index is 1.74. The zero-order valence-electron chi connectivity index (χ0n) is 13.2. The van der Waals surface area contributed by atoms with Gasteiger partial charge in [-0.2, -0.15) is 5.10 Å². The fourth-order valence-corrected chi connectivity index (χ4v) is 3.52. The van der Waals surface area contributed by atoms with Crippen molar-refractivity contribution in [3.8, 4) is 0 Å². The molecule has 1 fully saturated rings. The summed E-state index contributed by atoms with van der Waals surface area (Å²) in [5, 5.41) is 7.72.